The van der Waals surface area contributed by atoms with Crippen molar-refractivity contribution in [3.63, 3.8) is 0 Å². The van der Waals surface area contributed by atoms with Gasteiger partial charge in [-0.3, -0.25) is 0 Å². The molecule has 4 aromatic carbocycles. The van der Waals surface area contributed by atoms with Gasteiger partial charge in [0.2, 0.25) is 0 Å². The van der Waals surface area contributed by atoms with Gasteiger partial charge in [-0.1, -0.05) is 118 Å². The van der Waals surface area contributed by atoms with E-state index in [1.165, 1.54) is 5.56 Å². The van der Waals surface area contributed by atoms with E-state index in [1.807, 2.05) is 36.4 Å². The monoisotopic (exact) mass is 636 g/mol. The summed E-state index contributed by atoms with van der Waals surface area (Å²) in [6.45, 7) is 21.6. The number of benzene rings is 4. The van der Waals surface area contributed by atoms with E-state index in [9.17, 15) is 20.4 Å². The van der Waals surface area contributed by atoms with Gasteiger partial charge in [0.1, 0.15) is 23.0 Å². The topological polar surface area (TPSA) is 80.9 Å². The summed E-state index contributed by atoms with van der Waals surface area (Å²) >= 11 is 0. The number of phenols is 4. The molecule has 0 unspecified atom stereocenters. The fourth-order valence-electron chi connectivity index (χ4n) is 6.45. The lowest BCUT2D eigenvalue weighted by molar-refractivity contribution is 0.360. The Morgan fingerprint density at radius 2 is 0.872 bits per heavy atom. The first kappa shape index (κ1) is 35.9. The lowest BCUT2D eigenvalue weighted by Crippen LogP contribution is -2.24. The first-order valence-electron chi connectivity index (χ1n) is 17.0. The van der Waals surface area contributed by atoms with Crippen LogP contribution in [0.4, 0.5) is 0 Å². The summed E-state index contributed by atoms with van der Waals surface area (Å²) < 4.78 is 0. The molecule has 0 aromatic heterocycles. The van der Waals surface area contributed by atoms with Crippen molar-refractivity contribution in [2.24, 2.45) is 0 Å². The zero-order valence-corrected chi connectivity index (χ0v) is 30.3. The molecule has 4 heteroatoms. The second-order valence-electron chi connectivity index (χ2n) is 16.8. The fraction of sp³-hybridized carbons (Fsp3) is 0.442. The summed E-state index contributed by atoms with van der Waals surface area (Å²) in [5, 5.41) is 43.0. The van der Waals surface area contributed by atoms with Gasteiger partial charge in [-0.25, -0.2) is 0 Å². The van der Waals surface area contributed by atoms with Gasteiger partial charge in [0.25, 0.3) is 0 Å². The molecule has 252 valence electrons. The molecule has 4 nitrogen and oxygen atoms in total. The molecule has 4 rings (SSSR count). The Morgan fingerprint density at radius 1 is 0.426 bits per heavy atom. The number of aromatic hydroxyl groups is 4. The van der Waals surface area contributed by atoms with Crippen LogP contribution in [0, 0.1) is 0 Å². The molecule has 0 saturated carbocycles. The first-order chi connectivity index (χ1) is 21.7. The van der Waals surface area contributed by atoms with Gasteiger partial charge in [0.05, 0.1) is 0 Å². The van der Waals surface area contributed by atoms with E-state index < -0.39 is 0 Å². The average Bonchev–Trinajstić information content (AvgIpc) is 2.95. The van der Waals surface area contributed by atoms with Crippen LogP contribution >= 0.6 is 0 Å². The Hall–Kier alpha value is -3.92. The van der Waals surface area contributed by atoms with Crippen LogP contribution in [0.5, 0.6) is 23.0 Å². The van der Waals surface area contributed by atoms with Crippen LogP contribution in [0.15, 0.2) is 72.8 Å². The van der Waals surface area contributed by atoms with Gasteiger partial charge in [-0.05, 0) is 123 Å². The molecule has 0 amide bonds. The Bertz CT molecular complexity index is 1710. The predicted molar refractivity (Wildman–Crippen MR) is 195 cm³/mol. The number of aryl methyl sites for hydroxylation is 2. The van der Waals surface area contributed by atoms with E-state index in [1.54, 1.807) is 12.1 Å². The van der Waals surface area contributed by atoms with Crippen molar-refractivity contribution in [2.45, 2.75) is 123 Å². The highest BCUT2D eigenvalue weighted by atomic mass is 16.3. The molecular weight excluding hydrogens is 580 g/mol. The molecule has 0 aliphatic rings. The van der Waals surface area contributed by atoms with Gasteiger partial charge in [-0.15, -0.1) is 0 Å². The van der Waals surface area contributed by atoms with E-state index in [0.29, 0.717) is 36.5 Å². The molecular formula is C43H56O4. The Labute approximate surface area is 283 Å². The molecule has 4 N–H and O–H groups in total. The third kappa shape index (κ3) is 8.71. The molecule has 0 radical (unpaired) electrons. The lowest BCUT2D eigenvalue weighted by Gasteiger charge is -2.33. The highest BCUT2D eigenvalue weighted by Crippen LogP contribution is 2.41. The summed E-state index contributed by atoms with van der Waals surface area (Å²) in [6, 6.07) is 23.6. The van der Waals surface area contributed by atoms with Crippen LogP contribution in [-0.4, -0.2) is 20.4 Å². The van der Waals surface area contributed by atoms with Crippen molar-refractivity contribution in [3.05, 3.63) is 117 Å². The van der Waals surface area contributed by atoms with Crippen molar-refractivity contribution in [2.75, 3.05) is 0 Å². The second-order valence-corrected chi connectivity index (χ2v) is 16.8. The smallest absolute Gasteiger partial charge is 0.119 e. The number of hydrogen-bond acceptors (Lipinski definition) is 4. The van der Waals surface area contributed by atoms with Gasteiger partial charge in [-0.2, -0.15) is 0 Å². The molecule has 0 fully saturated rings. The second kappa shape index (κ2) is 13.3. The SMILES string of the molecule is CC(C)(C)c1ccc(O)c(CCc2cc(C(C)(C)CCC(C)(C)c3ccc(Cc4ccc(C(C)(C)C)c(O)c4)cc3O)ccc2O)c1. The Balaban J connectivity index is 1.45. The predicted octanol–water partition coefficient (Wildman–Crippen LogP) is 10.5. The average molecular weight is 637 g/mol. The highest BCUT2D eigenvalue weighted by molar-refractivity contribution is 5.46. The van der Waals surface area contributed by atoms with Crippen molar-refractivity contribution < 1.29 is 20.4 Å². The van der Waals surface area contributed by atoms with Crippen LogP contribution in [-0.2, 0) is 40.9 Å². The molecule has 47 heavy (non-hydrogen) atoms. The minimum absolute atomic E-state index is 0.00900. The fourth-order valence-corrected chi connectivity index (χ4v) is 6.45. The largest absolute Gasteiger partial charge is 0.508 e. The third-order valence-electron chi connectivity index (χ3n) is 9.91. The van der Waals surface area contributed by atoms with Crippen molar-refractivity contribution >= 4 is 0 Å². The summed E-state index contributed by atoms with van der Waals surface area (Å²) in [5.74, 6) is 1.18. The molecule has 4 aromatic rings. The van der Waals surface area contributed by atoms with Gasteiger partial charge in [0, 0.05) is 0 Å². The minimum Gasteiger partial charge on any atom is -0.508 e. The maximum absolute atomic E-state index is 11.2. The van der Waals surface area contributed by atoms with Crippen LogP contribution in [0.1, 0.15) is 127 Å². The quantitative estimate of drug-likeness (QED) is 0.140. The maximum atomic E-state index is 11.2. The van der Waals surface area contributed by atoms with Crippen molar-refractivity contribution in [1.82, 2.24) is 0 Å². The number of phenolic OH excluding ortho intramolecular Hbond substituents is 4. The molecule has 0 aliphatic heterocycles. The standard InChI is InChI=1S/C43H56O4/c1-40(2,3)32-15-19-36(44)30(26-32)13-14-31-27-33(16-20-37(31)45)42(7,8)21-22-43(9,10)35-18-12-29(25-39(35)47)23-28-11-17-34(38(46)24-28)41(4,5)6/h11-12,15-20,24-27,44-47H,13-14,21-23H2,1-10H3. The molecule has 0 spiro atoms. The van der Waals surface area contributed by atoms with E-state index in [0.717, 1.165) is 51.8 Å². The third-order valence-corrected chi connectivity index (χ3v) is 9.91. The van der Waals surface area contributed by atoms with Crippen molar-refractivity contribution in [1.29, 1.82) is 0 Å². The summed E-state index contributed by atoms with van der Waals surface area (Å²) in [4.78, 5) is 0. The van der Waals surface area contributed by atoms with E-state index in [4.69, 9.17) is 0 Å². The van der Waals surface area contributed by atoms with Gasteiger partial charge < -0.3 is 20.4 Å². The highest BCUT2D eigenvalue weighted by Gasteiger charge is 2.30. The lowest BCUT2D eigenvalue weighted by atomic mass is 9.72. The normalized spacial score (nSPS) is 12.8. The molecule has 0 bridgehead atoms. The van der Waals surface area contributed by atoms with E-state index in [2.05, 4.69) is 93.5 Å². The van der Waals surface area contributed by atoms with Crippen LogP contribution < -0.4 is 0 Å². The van der Waals surface area contributed by atoms with Crippen LogP contribution in [0.25, 0.3) is 0 Å². The summed E-state index contributed by atoms with van der Waals surface area (Å²) in [5.41, 5.74) is 7.41. The van der Waals surface area contributed by atoms with Crippen LogP contribution in [0.3, 0.4) is 0 Å². The van der Waals surface area contributed by atoms with E-state index in [-0.39, 0.29) is 27.4 Å². The van der Waals surface area contributed by atoms with Gasteiger partial charge in [0.15, 0.2) is 0 Å². The number of hydrogen-bond donors (Lipinski definition) is 4. The molecule has 0 atom stereocenters. The van der Waals surface area contributed by atoms with E-state index >= 15 is 0 Å². The molecule has 0 aliphatic carbocycles. The summed E-state index contributed by atoms with van der Waals surface area (Å²) in [7, 11) is 0. The van der Waals surface area contributed by atoms with Crippen molar-refractivity contribution in [3.8, 4) is 23.0 Å². The molecule has 0 saturated heterocycles. The first-order valence-corrected chi connectivity index (χ1v) is 17.0. The maximum Gasteiger partial charge on any atom is 0.119 e. The Kier molecular flexibility index (Phi) is 10.2. The zero-order chi connectivity index (χ0) is 34.9. The summed E-state index contributed by atoms with van der Waals surface area (Å²) in [6.07, 6.45) is 3.64. The van der Waals surface area contributed by atoms with Crippen LogP contribution in [0.2, 0.25) is 0 Å². The Morgan fingerprint density at radius 3 is 1.34 bits per heavy atom. The van der Waals surface area contributed by atoms with Gasteiger partial charge >= 0.3 is 0 Å². The zero-order valence-electron chi connectivity index (χ0n) is 30.3. The number of rotatable bonds is 10. The molecule has 0 heterocycles. The minimum atomic E-state index is -0.262.